The Balaban J connectivity index is 1.92. The lowest BCUT2D eigenvalue weighted by atomic mass is 9.87. The van der Waals surface area contributed by atoms with Gasteiger partial charge in [-0.1, -0.05) is 28.4 Å². The molecule has 1 aliphatic carbocycles. The van der Waals surface area contributed by atoms with Crippen LogP contribution in [-0.2, 0) is 12.8 Å². The maximum atomic E-state index is 3.77. The monoisotopic (exact) mass is 293 g/mol. The zero-order valence-corrected chi connectivity index (χ0v) is 11.9. The van der Waals surface area contributed by atoms with Crippen molar-refractivity contribution < 1.29 is 0 Å². The first-order valence-electron chi connectivity index (χ1n) is 6.89. The van der Waals surface area contributed by atoms with E-state index in [9.17, 15) is 0 Å². The summed E-state index contributed by atoms with van der Waals surface area (Å²) in [6, 6.07) is 5.40. The van der Waals surface area contributed by atoms with Crippen molar-refractivity contribution in [1.29, 1.82) is 0 Å². The summed E-state index contributed by atoms with van der Waals surface area (Å²) in [4.78, 5) is 0. The largest absolute Gasteiger partial charge is 0.310 e. The Hall–Kier alpha value is -0.340. The molecule has 1 fully saturated rings. The third-order valence-electron chi connectivity index (χ3n) is 4.15. The fourth-order valence-electron chi connectivity index (χ4n) is 3.17. The summed E-state index contributed by atoms with van der Waals surface area (Å²) < 4.78 is 1.34. The summed E-state index contributed by atoms with van der Waals surface area (Å²) in [6.07, 6.45) is 9.25. The van der Waals surface area contributed by atoms with E-state index in [1.807, 2.05) is 0 Å². The fourth-order valence-corrected chi connectivity index (χ4v) is 3.89. The van der Waals surface area contributed by atoms with E-state index in [1.165, 1.54) is 61.5 Å². The summed E-state index contributed by atoms with van der Waals surface area (Å²) in [6.45, 7) is 1.18. The van der Waals surface area contributed by atoms with E-state index in [2.05, 4.69) is 33.4 Å². The molecule has 1 heterocycles. The van der Waals surface area contributed by atoms with Gasteiger partial charge in [0, 0.05) is 10.5 Å². The average Bonchev–Trinajstić information content (AvgIpc) is 2.40. The van der Waals surface area contributed by atoms with E-state index >= 15 is 0 Å². The SMILES string of the molecule is Brc1cc(C2CCCCN2)cc2c1CCCC2. The van der Waals surface area contributed by atoms with Crippen molar-refractivity contribution in [2.45, 2.75) is 51.0 Å². The Bertz CT molecular complexity index is 408. The van der Waals surface area contributed by atoms with Crippen LogP contribution in [0.15, 0.2) is 16.6 Å². The number of piperidine rings is 1. The molecule has 2 heteroatoms. The Kier molecular flexibility index (Phi) is 3.53. The van der Waals surface area contributed by atoms with Crippen molar-refractivity contribution in [1.82, 2.24) is 5.32 Å². The van der Waals surface area contributed by atoms with Crippen LogP contribution in [-0.4, -0.2) is 6.54 Å². The van der Waals surface area contributed by atoms with E-state index in [4.69, 9.17) is 0 Å². The third-order valence-corrected chi connectivity index (χ3v) is 4.85. The maximum absolute atomic E-state index is 3.77. The summed E-state index contributed by atoms with van der Waals surface area (Å²) in [5.41, 5.74) is 4.65. The first kappa shape index (κ1) is 11.7. The van der Waals surface area contributed by atoms with Gasteiger partial charge in [-0.2, -0.15) is 0 Å². The van der Waals surface area contributed by atoms with Gasteiger partial charge in [-0.3, -0.25) is 0 Å². The molecule has 1 aromatic rings. The molecule has 3 rings (SSSR count). The zero-order valence-electron chi connectivity index (χ0n) is 10.3. The molecule has 0 saturated carbocycles. The van der Waals surface area contributed by atoms with Gasteiger partial charge in [0.15, 0.2) is 0 Å². The van der Waals surface area contributed by atoms with Crippen LogP contribution in [0, 0.1) is 0 Å². The molecule has 1 aromatic carbocycles. The number of hydrogen-bond acceptors (Lipinski definition) is 1. The second kappa shape index (κ2) is 5.11. The summed E-state index contributed by atoms with van der Waals surface area (Å²) >= 11 is 3.77. The van der Waals surface area contributed by atoms with Gasteiger partial charge < -0.3 is 5.32 Å². The number of fused-ring (bicyclic) bond motifs is 1. The van der Waals surface area contributed by atoms with Crippen LogP contribution in [0.2, 0.25) is 0 Å². The van der Waals surface area contributed by atoms with Gasteiger partial charge >= 0.3 is 0 Å². The lowest BCUT2D eigenvalue weighted by Crippen LogP contribution is -2.27. The van der Waals surface area contributed by atoms with Crippen LogP contribution < -0.4 is 5.32 Å². The van der Waals surface area contributed by atoms with Gasteiger partial charge in [0.25, 0.3) is 0 Å². The van der Waals surface area contributed by atoms with Crippen LogP contribution >= 0.6 is 15.9 Å². The predicted octanol–water partition coefficient (Wildman–Crippen LogP) is 4.14. The number of hydrogen-bond donors (Lipinski definition) is 1. The van der Waals surface area contributed by atoms with Gasteiger partial charge in [-0.25, -0.2) is 0 Å². The second-order valence-electron chi connectivity index (χ2n) is 5.35. The van der Waals surface area contributed by atoms with E-state index in [0.717, 1.165) is 0 Å². The maximum Gasteiger partial charge on any atom is 0.0320 e. The van der Waals surface area contributed by atoms with Gasteiger partial charge in [0.2, 0.25) is 0 Å². The van der Waals surface area contributed by atoms with Crippen LogP contribution in [0.5, 0.6) is 0 Å². The minimum absolute atomic E-state index is 0.590. The fraction of sp³-hybridized carbons (Fsp3) is 0.600. The standard InChI is InChI=1S/C15H20BrN/c16-14-10-12(15-7-3-4-8-17-15)9-11-5-1-2-6-13(11)14/h9-10,15,17H,1-8H2. The third kappa shape index (κ3) is 2.43. The molecule has 1 aliphatic heterocycles. The van der Waals surface area contributed by atoms with E-state index in [0.29, 0.717) is 6.04 Å². The normalized spacial score (nSPS) is 24.4. The van der Waals surface area contributed by atoms with Crippen molar-refractivity contribution in [2.24, 2.45) is 0 Å². The minimum atomic E-state index is 0.590. The number of aryl methyl sites for hydroxylation is 1. The summed E-state index contributed by atoms with van der Waals surface area (Å²) in [7, 11) is 0. The second-order valence-corrected chi connectivity index (χ2v) is 6.20. The topological polar surface area (TPSA) is 12.0 Å². The van der Waals surface area contributed by atoms with Crippen molar-refractivity contribution in [3.63, 3.8) is 0 Å². The first-order chi connectivity index (χ1) is 8.34. The average molecular weight is 294 g/mol. The molecule has 1 saturated heterocycles. The van der Waals surface area contributed by atoms with Crippen molar-refractivity contribution in [2.75, 3.05) is 6.54 Å². The Labute approximate surface area is 112 Å². The highest BCUT2D eigenvalue weighted by Crippen LogP contribution is 2.33. The molecular formula is C15H20BrN. The molecule has 0 spiro atoms. The van der Waals surface area contributed by atoms with Gasteiger partial charge in [0.1, 0.15) is 0 Å². The first-order valence-corrected chi connectivity index (χ1v) is 7.68. The smallest absolute Gasteiger partial charge is 0.0320 e. The number of benzene rings is 1. The Morgan fingerprint density at radius 3 is 2.76 bits per heavy atom. The van der Waals surface area contributed by atoms with E-state index in [-0.39, 0.29) is 0 Å². The molecule has 1 nitrogen and oxygen atoms in total. The lowest BCUT2D eigenvalue weighted by Gasteiger charge is -2.26. The molecular weight excluding hydrogens is 274 g/mol. The van der Waals surface area contributed by atoms with Crippen LogP contribution in [0.3, 0.4) is 0 Å². The van der Waals surface area contributed by atoms with Crippen molar-refractivity contribution in [3.8, 4) is 0 Å². The minimum Gasteiger partial charge on any atom is -0.310 e. The molecule has 1 atom stereocenters. The van der Waals surface area contributed by atoms with Crippen LogP contribution in [0.4, 0.5) is 0 Å². The summed E-state index contributed by atoms with van der Waals surface area (Å²) in [5, 5.41) is 3.65. The molecule has 17 heavy (non-hydrogen) atoms. The number of rotatable bonds is 1. The number of nitrogens with one attached hydrogen (secondary N) is 1. The highest BCUT2D eigenvalue weighted by molar-refractivity contribution is 9.10. The Morgan fingerprint density at radius 2 is 1.94 bits per heavy atom. The molecule has 0 bridgehead atoms. The quantitative estimate of drug-likeness (QED) is 0.820. The Morgan fingerprint density at radius 1 is 1.06 bits per heavy atom. The van der Waals surface area contributed by atoms with Crippen LogP contribution in [0.25, 0.3) is 0 Å². The zero-order chi connectivity index (χ0) is 11.7. The van der Waals surface area contributed by atoms with Crippen molar-refractivity contribution >= 4 is 15.9 Å². The lowest BCUT2D eigenvalue weighted by molar-refractivity contribution is 0.412. The summed E-state index contributed by atoms with van der Waals surface area (Å²) in [5.74, 6) is 0. The molecule has 2 aliphatic rings. The number of halogens is 1. The molecule has 0 radical (unpaired) electrons. The molecule has 92 valence electrons. The van der Waals surface area contributed by atoms with Gasteiger partial charge in [-0.05, 0) is 67.8 Å². The van der Waals surface area contributed by atoms with E-state index < -0.39 is 0 Å². The molecule has 0 amide bonds. The molecule has 0 aromatic heterocycles. The van der Waals surface area contributed by atoms with Gasteiger partial charge in [0.05, 0.1) is 0 Å². The van der Waals surface area contributed by atoms with Gasteiger partial charge in [-0.15, -0.1) is 0 Å². The molecule has 1 unspecified atom stereocenters. The predicted molar refractivity (Wildman–Crippen MR) is 75.4 cm³/mol. The highest BCUT2D eigenvalue weighted by atomic mass is 79.9. The van der Waals surface area contributed by atoms with E-state index in [1.54, 1.807) is 11.1 Å². The highest BCUT2D eigenvalue weighted by Gasteiger charge is 2.19. The molecule has 1 N–H and O–H groups in total. The van der Waals surface area contributed by atoms with Crippen molar-refractivity contribution in [3.05, 3.63) is 33.3 Å². The van der Waals surface area contributed by atoms with Crippen LogP contribution in [0.1, 0.15) is 54.8 Å².